The first kappa shape index (κ1) is 17.5. The van der Waals surface area contributed by atoms with E-state index in [1.165, 1.54) is 0 Å². The molecule has 0 radical (unpaired) electrons. The van der Waals surface area contributed by atoms with Crippen molar-refractivity contribution in [1.82, 2.24) is 9.88 Å². The van der Waals surface area contributed by atoms with Crippen LogP contribution in [0.15, 0.2) is 59.9 Å². The fourth-order valence-corrected chi connectivity index (χ4v) is 3.61. The minimum atomic E-state index is -0.245. The van der Waals surface area contributed by atoms with E-state index in [0.29, 0.717) is 12.4 Å². The zero-order chi connectivity index (χ0) is 17.9. The highest BCUT2D eigenvalue weighted by Crippen LogP contribution is 2.28. The summed E-state index contributed by atoms with van der Waals surface area (Å²) in [5.74, 6) is 0.557. The third kappa shape index (κ3) is 4.39. The van der Waals surface area contributed by atoms with Gasteiger partial charge in [0, 0.05) is 18.1 Å². The van der Waals surface area contributed by atoms with Crippen LogP contribution in [0.4, 0.5) is 10.5 Å². The van der Waals surface area contributed by atoms with Crippen LogP contribution in [0.5, 0.6) is 0 Å². The molecule has 3 rings (SSSR count). The molecule has 6 heteroatoms. The summed E-state index contributed by atoms with van der Waals surface area (Å²) in [7, 11) is 0. The van der Waals surface area contributed by atoms with E-state index in [2.05, 4.69) is 4.98 Å². The average Bonchev–Trinajstić information content (AvgIpc) is 2.59. The van der Waals surface area contributed by atoms with E-state index in [0.717, 1.165) is 16.4 Å². The molecule has 0 bridgehead atoms. The van der Waals surface area contributed by atoms with Crippen molar-refractivity contribution in [2.75, 3.05) is 10.8 Å². The number of benzene rings is 1. The van der Waals surface area contributed by atoms with E-state index in [-0.39, 0.29) is 11.6 Å². The van der Waals surface area contributed by atoms with Gasteiger partial charge in [0.15, 0.2) is 5.17 Å². The summed E-state index contributed by atoms with van der Waals surface area (Å²) in [5.41, 5.74) is 1.63. The Balaban J connectivity index is 1.93. The third-order valence-electron chi connectivity index (χ3n) is 3.58. The Hall–Kier alpha value is -2.34. The lowest BCUT2D eigenvalue weighted by molar-refractivity contribution is 0.226. The molecule has 5 nitrogen and oxygen atoms in total. The minimum Gasteiger partial charge on any atom is -0.284 e. The van der Waals surface area contributed by atoms with Crippen LogP contribution in [-0.2, 0) is 6.54 Å². The molecule has 0 unspecified atom stereocenters. The number of anilines is 1. The highest BCUT2D eigenvalue weighted by atomic mass is 32.2. The van der Waals surface area contributed by atoms with Crippen LogP contribution >= 0.6 is 11.8 Å². The zero-order valence-corrected chi connectivity index (χ0v) is 15.5. The van der Waals surface area contributed by atoms with E-state index in [1.807, 2.05) is 63.2 Å². The first-order chi connectivity index (χ1) is 11.9. The van der Waals surface area contributed by atoms with Crippen molar-refractivity contribution in [1.29, 1.82) is 0 Å². The van der Waals surface area contributed by atoms with Gasteiger partial charge in [0.1, 0.15) is 0 Å². The Labute approximate surface area is 152 Å². The third-order valence-corrected chi connectivity index (χ3v) is 4.54. The maximum absolute atomic E-state index is 13.2. The number of hydrogen-bond acceptors (Lipinski definition) is 4. The summed E-state index contributed by atoms with van der Waals surface area (Å²) in [6.45, 7) is 6.57. The number of amides is 2. The summed E-state index contributed by atoms with van der Waals surface area (Å²) in [6, 6.07) is 13.5. The summed E-state index contributed by atoms with van der Waals surface area (Å²) in [4.78, 5) is 25.6. The topological polar surface area (TPSA) is 48.8 Å². The number of thioether (sulfide) groups is 1. The van der Waals surface area contributed by atoms with Crippen LogP contribution in [0.2, 0.25) is 0 Å². The number of amidine groups is 1. The van der Waals surface area contributed by atoms with Gasteiger partial charge in [-0.3, -0.25) is 19.8 Å². The number of carbonyl (C=O) groups excluding carboxylic acids is 1. The van der Waals surface area contributed by atoms with Crippen molar-refractivity contribution in [3.8, 4) is 0 Å². The van der Waals surface area contributed by atoms with Gasteiger partial charge >= 0.3 is 6.03 Å². The molecule has 1 aliphatic rings. The van der Waals surface area contributed by atoms with Crippen LogP contribution in [0.3, 0.4) is 0 Å². The molecule has 1 aromatic carbocycles. The Morgan fingerprint density at radius 2 is 1.92 bits per heavy atom. The number of hydrogen-bond donors (Lipinski definition) is 0. The van der Waals surface area contributed by atoms with Crippen LogP contribution in [0.25, 0.3) is 0 Å². The maximum Gasteiger partial charge on any atom is 0.331 e. The van der Waals surface area contributed by atoms with E-state index < -0.39 is 0 Å². The minimum absolute atomic E-state index is 0.0585. The van der Waals surface area contributed by atoms with Gasteiger partial charge < -0.3 is 0 Å². The summed E-state index contributed by atoms with van der Waals surface area (Å²) < 4.78 is 0. The fraction of sp³-hybridized carbons (Fsp3) is 0.316. The van der Waals surface area contributed by atoms with Gasteiger partial charge in [-0.1, -0.05) is 36.0 Å². The predicted octanol–water partition coefficient (Wildman–Crippen LogP) is 4.37. The monoisotopic (exact) mass is 354 g/mol. The molecule has 1 aliphatic heterocycles. The fourth-order valence-electron chi connectivity index (χ4n) is 2.46. The number of rotatable bonds is 3. The van der Waals surface area contributed by atoms with Gasteiger partial charge in [-0.15, -0.1) is 0 Å². The zero-order valence-electron chi connectivity index (χ0n) is 14.7. The largest absolute Gasteiger partial charge is 0.331 e. The summed E-state index contributed by atoms with van der Waals surface area (Å²) in [5, 5.41) is 0.758. The van der Waals surface area contributed by atoms with Crippen molar-refractivity contribution < 1.29 is 4.79 Å². The van der Waals surface area contributed by atoms with Crippen LogP contribution in [0, 0.1) is 0 Å². The molecule has 2 heterocycles. The van der Waals surface area contributed by atoms with E-state index >= 15 is 0 Å². The summed E-state index contributed by atoms with van der Waals surface area (Å²) in [6.07, 6.45) is 3.52. The van der Waals surface area contributed by atoms with Crippen LogP contribution < -0.4 is 4.90 Å². The first-order valence-electron chi connectivity index (χ1n) is 8.20. The Morgan fingerprint density at radius 1 is 1.16 bits per heavy atom. The molecule has 130 valence electrons. The quantitative estimate of drug-likeness (QED) is 0.822. The van der Waals surface area contributed by atoms with Gasteiger partial charge in [0.2, 0.25) is 0 Å². The van der Waals surface area contributed by atoms with Gasteiger partial charge in [-0.25, -0.2) is 4.79 Å². The second-order valence-electron chi connectivity index (χ2n) is 6.83. The number of nitrogens with zero attached hydrogens (tertiary/aromatic N) is 4. The van der Waals surface area contributed by atoms with Crippen molar-refractivity contribution in [2.24, 2.45) is 4.99 Å². The molecule has 2 aromatic rings. The maximum atomic E-state index is 13.2. The van der Waals surface area contributed by atoms with Crippen LogP contribution in [0.1, 0.15) is 26.3 Å². The Morgan fingerprint density at radius 3 is 2.56 bits per heavy atom. The summed E-state index contributed by atoms with van der Waals surface area (Å²) >= 11 is 1.58. The first-order valence-corrected chi connectivity index (χ1v) is 9.18. The average molecular weight is 354 g/mol. The molecule has 0 saturated carbocycles. The van der Waals surface area contributed by atoms with Crippen molar-refractivity contribution in [3.05, 3.63) is 60.4 Å². The van der Waals surface area contributed by atoms with E-state index in [1.54, 1.807) is 34.0 Å². The Bertz CT molecular complexity index is 756. The lowest BCUT2D eigenvalue weighted by atomic mass is 10.1. The molecule has 2 amide bonds. The van der Waals surface area contributed by atoms with Crippen molar-refractivity contribution in [3.63, 3.8) is 0 Å². The SMILES string of the molecule is CC(C)(C)N=C1SCN(c2ccccc2)C(=O)N1Cc1cccnc1. The van der Waals surface area contributed by atoms with Gasteiger partial charge in [-0.05, 0) is 44.5 Å². The standard InChI is InChI=1S/C19H22N4OS/c1-19(2,3)21-17-22(13-15-8-7-11-20-12-15)18(24)23(14-25-17)16-9-5-4-6-10-16/h4-12H,13-14H2,1-3H3. The number of carbonyl (C=O) groups is 1. The molecular formula is C19H22N4OS. The smallest absolute Gasteiger partial charge is 0.284 e. The molecule has 25 heavy (non-hydrogen) atoms. The molecule has 0 aliphatic carbocycles. The number of pyridine rings is 1. The lowest BCUT2D eigenvalue weighted by Crippen LogP contribution is -2.50. The van der Waals surface area contributed by atoms with E-state index in [4.69, 9.17) is 4.99 Å². The number of urea groups is 1. The lowest BCUT2D eigenvalue weighted by Gasteiger charge is -2.36. The molecule has 0 atom stereocenters. The van der Waals surface area contributed by atoms with Gasteiger partial charge in [0.25, 0.3) is 0 Å². The van der Waals surface area contributed by atoms with Crippen molar-refractivity contribution in [2.45, 2.75) is 32.9 Å². The number of para-hydroxylation sites is 1. The second-order valence-corrected chi connectivity index (χ2v) is 7.74. The number of aliphatic imine (C=N–C) groups is 1. The highest BCUT2D eigenvalue weighted by Gasteiger charge is 2.33. The molecule has 1 aromatic heterocycles. The molecule has 0 N–H and O–H groups in total. The van der Waals surface area contributed by atoms with Gasteiger partial charge in [-0.2, -0.15) is 0 Å². The highest BCUT2D eigenvalue weighted by molar-refractivity contribution is 8.14. The van der Waals surface area contributed by atoms with Gasteiger partial charge in [0.05, 0.1) is 18.0 Å². The predicted molar refractivity (Wildman–Crippen MR) is 104 cm³/mol. The normalized spacial score (nSPS) is 17.2. The van der Waals surface area contributed by atoms with Crippen LogP contribution in [-0.4, -0.2) is 32.5 Å². The molecule has 1 saturated heterocycles. The van der Waals surface area contributed by atoms with E-state index in [9.17, 15) is 4.79 Å². The molecule has 0 spiro atoms. The molecule has 1 fully saturated rings. The van der Waals surface area contributed by atoms with Crippen molar-refractivity contribution >= 4 is 28.6 Å². The number of aromatic nitrogens is 1. The Kier molecular flexibility index (Phi) is 5.08. The second kappa shape index (κ2) is 7.27. The molecular weight excluding hydrogens is 332 g/mol.